The standard InChI is InChI=1S/C30H23F3N4O4S/c1-16-9-10-19(14-35-16)28-36-37(29(39)25-22(32)12-20(31)13-23(25)33)30(42-28)21-7-4-8-24(26(21)40-2)41-15-17-5-3-6-18(11-17)27(34)38/h3-14,30H,15H2,1-2H3,(H2,34,38). The summed E-state index contributed by atoms with van der Waals surface area (Å²) >= 11 is 1.14. The molecule has 0 aliphatic carbocycles. The highest BCUT2D eigenvalue weighted by atomic mass is 32.2. The molecular formula is C30H23F3N4O4S. The van der Waals surface area contributed by atoms with Crippen LogP contribution in [0.2, 0.25) is 0 Å². The third-order valence-electron chi connectivity index (χ3n) is 6.32. The highest BCUT2D eigenvalue weighted by Crippen LogP contribution is 2.47. The zero-order valence-electron chi connectivity index (χ0n) is 22.3. The third-order valence-corrected chi connectivity index (χ3v) is 7.53. The lowest BCUT2D eigenvalue weighted by Crippen LogP contribution is -2.28. The van der Waals surface area contributed by atoms with E-state index in [4.69, 9.17) is 15.2 Å². The number of amides is 2. The Morgan fingerprint density at radius 2 is 1.76 bits per heavy atom. The molecule has 1 aromatic heterocycles. The second-order valence-electron chi connectivity index (χ2n) is 9.19. The number of nitrogens with two attached hydrogens (primary N) is 1. The zero-order chi connectivity index (χ0) is 30.0. The fourth-order valence-electron chi connectivity index (χ4n) is 4.29. The van der Waals surface area contributed by atoms with Crippen molar-refractivity contribution in [3.63, 3.8) is 0 Å². The summed E-state index contributed by atoms with van der Waals surface area (Å²) in [5, 5.41) is 4.75. The molecule has 1 aliphatic heterocycles. The van der Waals surface area contributed by atoms with Crippen molar-refractivity contribution in [1.29, 1.82) is 0 Å². The Morgan fingerprint density at radius 1 is 1.02 bits per heavy atom. The van der Waals surface area contributed by atoms with Crippen LogP contribution in [0.25, 0.3) is 0 Å². The minimum atomic E-state index is -1.36. The number of primary amides is 1. The molecule has 3 aromatic carbocycles. The van der Waals surface area contributed by atoms with Crippen molar-refractivity contribution < 1.29 is 32.2 Å². The van der Waals surface area contributed by atoms with Crippen molar-refractivity contribution in [1.82, 2.24) is 9.99 Å². The van der Waals surface area contributed by atoms with Gasteiger partial charge in [-0.05, 0) is 42.8 Å². The van der Waals surface area contributed by atoms with E-state index in [0.717, 1.165) is 22.5 Å². The van der Waals surface area contributed by atoms with Crippen molar-refractivity contribution in [3.8, 4) is 11.5 Å². The molecule has 8 nitrogen and oxygen atoms in total. The molecule has 2 N–H and O–H groups in total. The second kappa shape index (κ2) is 12.0. The highest BCUT2D eigenvalue weighted by molar-refractivity contribution is 8.14. The summed E-state index contributed by atoms with van der Waals surface area (Å²) in [5.41, 5.74) is 7.17. The van der Waals surface area contributed by atoms with E-state index in [9.17, 15) is 22.8 Å². The molecule has 2 amide bonds. The lowest BCUT2D eigenvalue weighted by molar-refractivity contribution is 0.0737. The normalized spacial score (nSPS) is 14.5. The number of carbonyl (C=O) groups is 2. The number of aryl methyl sites for hydroxylation is 1. The van der Waals surface area contributed by atoms with Gasteiger partial charge in [-0.2, -0.15) is 5.10 Å². The van der Waals surface area contributed by atoms with Gasteiger partial charge in [-0.1, -0.05) is 36.0 Å². The first kappa shape index (κ1) is 28.7. The molecule has 214 valence electrons. The first-order valence-corrected chi connectivity index (χ1v) is 13.4. The van der Waals surface area contributed by atoms with E-state index >= 15 is 0 Å². The Morgan fingerprint density at radius 3 is 2.43 bits per heavy atom. The SMILES string of the molecule is COc1c(OCc2cccc(C(N)=O)c2)cccc1C1SC(c2ccc(C)nc2)=NN1C(=O)c1c(F)cc(F)cc1F. The number of methoxy groups -OCH3 is 1. The molecule has 0 spiro atoms. The number of aromatic nitrogens is 1. The summed E-state index contributed by atoms with van der Waals surface area (Å²) in [6.07, 6.45) is 1.57. The van der Waals surface area contributed by atoms with Crippen LogP contribution in [0.15, 0.2) is 78.0 Å². The number of halogens is 3. The number of hydrogen-bond donors (Lipinski definition) is 1. The molecule has 4 aromatic rings. The molecule has 12 heteroatoms. The molecule has 0 bridgehead atoms. The van der Waals surface area contributed by atoms with Gasteiger partial charge in [0.15, 0.2) is 11.5 Å². The van der Waals surface area contributed by atoms with Gasteiger partial charge in [-0.15, -0.1) is 0 Å². The Bertz CT molecular complexity index is 1690. The van der Waals surface area contributed by atoms with Gasteiger partial charge < -0.3 is 15.2 Å². The number of carbonyl (C=O) groups excluding carboxylic acids is 2. The molecule has 2 heterocycles. The number of rotatable bonds is 8. The quantitative estimate of drug-likeness (QED) is 0.280. The minimum absolute atomic E-state index is 0.0597. The Kier molecular flexibility index (Phi) is 8.16. The van der Waals surface area contributed by atoms with E-state index in [1.807, 2.05) is 6.92 Å². The molecule has 1 aliphatic rings. The van der Waals surface area contributed by atoms with Gasteiger partial charge in [0.25, 0.3) is 5.91 Å². The monoisotopic (exact) mass is 592 g/mol. The average Bonchev–Trinajstić information content (AvgIpc) is 3.41. The van der Waals surface area contributed by atoms with E-state index in [0.29, 0.717) is 45.2 Å². The maximum Gasteiger partial charge on any atom is 0.281 e. The molecule has 5 rings (SSSR count). The lowest BCUT2D eigenvalue weighted by atomic mass is 10.1. The number of thioether (sulfide) groups is 1. The average molecular weight is 593 g/mol. The molecule has 0 radical (unpaired) electrons. The van der Waals surface area contributed by atoms with Gasteiger partial charge in [-0.3, -0.25) is 14.6 Å². The van der Waals surface area contributed by atoms with Crippen LogP contribution in [0.3, 0.4) is 0 Å². The van der Waals surface area contributed by atoms with Crippen molar-refractivity contribution in [2.24, 2.45) is 10.8 Å². The van der Waals surface area contributed by atoms with Crippen LogP contribution in [-0.4, -0.2) is 34.0 Å². The Balaban J connectivity index is 1.53. The topological polar surface area (TPSA) is 107 Å². The van der Waals surface area contributed by atoms with E-state index in [-0.39, 0.29) is 12.4 Å². The number of benzene rings is 3. The maximum atomic E-state index is 14.7. The predicted molar refractivity (Wildman–Crippen MR) is 151 cm³/mol. The number of nitrogens with zero attached hydrogens (tertiary/aromatic N) is 3. The fourth-order valence-corrected chi connectivity index (χ4v) is 5.45. The number of hydrogen-bond acceptors (Lipinski definition) is 7. The van der Waals surface area contributed by atoms with Crippen molar-refractivity contribution in [2.45, 2.75) is 18.9 Å². The van der Waals surface area contributed by atoms with Crippen LogP contribution >= 0.6 is 11.8 Å². The maximum absolute atomic E-state index is 14.7. The second-order valence-corrected chi connectivity index (χ2v) is 10.3. The number of hydrazone groups is 1. The van der Waals surface area contributed by atoms with E-state index < -0.39 is 40.2 Å². The minimum Gasteiger partial charge on any atom is -0.492 e. The number of para-hydroxylation sites is 1. The van der Waals surface area contributed by atoms with Crippen LogP contribution in [0.5, 0.6) is 11.5 Å². The van der Waals surface area contributed by atoms with Gasteiger partial charge >= 0.3 is 0 Å². The van der Waals surface area contributed by atoms with Crippen molar-refractivity contribution >= 4 is 28.6 Å². The molecule has 42 heavy (non-hydrogen) atoms. The van der Waals surface area contributed by atoms with E-state index in [1.54, 1.807) is 60.8 Å². The summed E-state index contributed by atoms with van der Waals surface area (Å²) in [7, 11) is 1.41. The van der Waals surface area contributed by atoms with Gasteiger partial charge in [0.1, 0.15) is 40.0 Å². The largest absolute Gasteiger partial charge is 0.492 e. The molecule has 0 saturated carbocycles. The number of pyridine rings is 1. The van der Waals surface area contributed by atoms with Gasteiger partial charge in [0.05, 0.1) is 7.11 Å². The molecule has 1 atom stereocenters. The summed E-state index contributed by atoms with van der Waals surface area (Å²) in [5.74, 6) is -5.01. The van der Waals surface area contributed by atoms with E-state index in [1.165, 1.54) is 7.11 Å². The summed E-state index contributed by atoms with van der Waals surface area (Å²) < 4.78 is 54.7. The van der Waals surface area contributed by atoms with E-state index in [2.05, 4.69) is 10.1 Å². The lowest BCUT2D eigenvalue weighted by Gasteiger charge is -2.24. The van der Waals surface area contributed by atoms with Crippen LogP contribution < -0.4 is 15.2 Å². The fraction of sp³-hybridized carbons (Fsp3) is 0.133. The smallest absolute Gasteiger partial charge is 0.281 e. The summed E-state index contributed by atoms with van der Waals surface area (Å²) in [6.45, 7) is 1.87. The van der Waals surface area contributed by atoms with Crippen LogP contribution in [0, 0.1) is 24.4 Å². The predicted octanol–water partition coefficient (Wildman–Crippen LogP) is 5.74. The molecular weight excluding hydrogens is 569 g/mol. The van der Waals surface area contributed by atoms with Crippen molar-refractivity contribution in [2.75, 3.05) is 7.11 Å². The van der Waals surface area contributed by atoms with Crippen molar-refractivity contribution in [3.05, 3.63) is 124 Å². The summed E-state index contributed by atoms with van der Waals surface area (Å²) in [4.78, 5) is 29.4. The van der Waals surface area contributed by atoms with Crippen LogP contribution in [0.1, 0.15) is 48.5 Å². The van der Waals surface area contributed by atoms with Gasteiger partial charge in [0.2, 0.25) is 5.91 Å². The first-order valence-electron chi connectivity index (χ1n) is 12.5. The Hall–Kier alpha value is -4.84. The Labute approximate surface area is 243 Å². The molecule has 1 unspecified atom stereocenters. The van der Waals surface area contributed by atoms with Gasteiger partial charge in [-0.25, -0.2) is 18.2 Å². The first-order chi connectivity index (χ1) is 20.2. The van der Waals surface area contributed by atoms with Gasteiger partial charge in [0, 0.05) is 40.7 Å². The number of ether oxygens (including phenoxy) is 2. The zero-order valence-corrected chi connectivity index (χ0v) is 23.1. The molecule has 0 saturated heterocycles. The molecule has 0 fully saturated rings. The summed E-state index contributed by atoms with van der Waals surface area (Å²) in [6, 6.07) is 16.0. The van der Waals surface area contributed by atoms with Crippen LogP contribution in [0.4, 0.5) is 13.2 Å². The highest BCUT2D eigenvalue weighted by Gasteiger charge is 2.39. The van der Waals surface area contributed by atoms with Crippen LogP contribution in [-0.2, 0) is 6.61 Å². The third kappa shape index (κ3) is 5.79.